The minimum absolute atomic E-state index is 0.272. The first-order valence-corrected chi connectivity index (χ1v) is 5.63. The molecule has 1 aromatic rings. The zero-order chi connectivity index (χ0) is 13.4. The third-order valence-corrected chi connectivity index (χ3v) is 2.27. The monoisotopic (exact) mass is 251 g/mol. The number of aromatic nitrogens is 1. The van der Waals surface area contributed by atoms with Gasteiger partial charge < -0.3 is 16.5 Å². The number of anilines is 1. The Kier molecular flexibility index (Phi) is 5.59. The van der Waals surface area contributed by atoms with E-state index in [0.29, 0.717) is 37.3 Å². The van der Waals surface area contributed by atoms with Crippen LogP contribution in [-0.4, -0.2) is 23.3 Å². The highest BCUT2D eigenvalue weighted by Crippen LogP contribution is 2.03. The highest BCUT2D eigenvalue weighted by molar-refractivity contribution is 5.92. The molecule has 0 saturated carbocycles. The lowest BCUT2D eigenvalue weighted by Crippen LogP contribution is -2.26. The Hall–Kier alpha value is -2.15. The molecule has 6 N–H and O–H groups in total. The predicted molar refractivity (Wildman–Crippen MR) is 67.4 cm³/mol. The number of primary amides is 1. The Morgan fingerprint density at radius 1 is 1.28 bits per heavy atom. The second kappa shape index (κ2) is 7.23. The minimum atomic E-state index is -0.329. The molecular formula is C11H17N5O2. The maximum absolute atomic E-state index is 11.7. The number of unbranched alkanes of at least 4 members (excludes halogenated alkanes) is 1. The number of carbonyl (C=O) groups is 2. The molecule has 1 rings (SSSR count). The van der Waals surface area contributed by atoms with E-state index in [1.54, 1.807) is 18.2 Å². The lowest BCUT2D eigenvalue weighted by molar-refractivity contribution is -0.118. The highest BCUT2D eigenvalue weighted by Gasteiger charge is 2.06. The van der Waals surface area contributed by atoms with E-state index in [4.69, 9.17) is 11.6 Å². The van der Waals surface area contributed by atoms with Crippen molar-refractivity contribution >= 4 is 17.6 Å². The summed E-state index contributed by atoms with van der Waals surface area (Å²) in [7, 11) is 0. The van der Waals surface area contributed by atoms with E-state index in [0.717, 1.165) is 0 Å². The summed E-state index contributed by atoms with van der Waals surface area (Å²) in [6.07, 6.45) is 1.69. The third-order valence-electron chi connectivity index (χ3n) is 2.27. The third kappa shape index (κ3) is 4.79. The normalized spacial score (nSPS) is 9.83. The molecule has 0 spiro atoms. The first kappa shape index (κ1) is 13.9. The van der Waals surface area contributed by atoms with Gasteiger partial charge in [-0.15, -0.1) is 0 Å². The number of nitrogen functional groups attached to an aromatic ring is 1. The summed E-state index contributed by atoms with van der Waals surface area (Å²) in [5, 5.41) is 2.70. The zero-order valence-corrected chi connectivity index (χ0v) is 9.98. The molecule has 0 aromatic carbocycles. The van der Waals surface area contributed by atoms with E-state index in [1.165, 1.54) is 0 Å². The van der Waals surface area contributed by atoms with E-state index in [9.17, 15) is 9.59 Å². The number of pyridine rings is 1. The van der Waals surface area contributed by atoms with Crippen molar-refractivity contribution in [1.29, 1.82) is 0 Å². The Morgan fingerprint density at radius 2 is 2.06 bits per heavy atom. The topological polar surface area (TPSA) is 123 Å². The van der Waals surface area contributed by atoms with Crippen molar-refractivity contribution < 1.29 is 9.59 Å². The Balaban J connectivity index is 2.33. The Morgan fingerprint density at radius 3 is 2.72 bits per heavy atom. The predicted octanol–water partition coefficient (Wildman–Crippen LogP) is -0.247. The fourth-order valence-corrected chi connectivity index (χ4v) is 1.36. The maximum Gasteiger partial charge on any atom is 0.269 e. The van der Waals surface area contributed by atoms with Crippen LogP contribution >= 0.6 is 0 Å². The van der Waals surface area contributed by atoms with Crippen LogP contribution in [0.25, 0.3) is 0 Å². The van der Waals surface area contributed by atoms with Crippen LogP contribution in [-0.2, 0) is 4.79 Å². The molecule has 0 fully saturated rings. The van der Waals surface area contributed by atoms with Crippen LogP contribution in [0.1, 0.15) is 29.8 Å². The molecule has 0 aliphatic rings. The summed E-state index contributed by atoms with van der Waals surface area (Å²) in [5.74, 6) is 5.03. The largest absolute Gasteiger partial charge is 0.370 e. The van der Waals surface area contributed by atoms with Gasteiger partial charge in [0.1, 0.15) is 11.5 Å². The number of amides is 2. The van der Waals surface area contributed by atoms with Gasteiger partial charge >= 0.3 is 0 Å². The molecule has 18 heavy (non-hydrogen) atoms. The molecule has 0 atom stereocenters. The van der Waals surface area contributed by atoms with Crippen LogP contribution in [0.15, 0.2) is 18.2 Å². The second-order valence-corrected chi connectivity index (χ2v) is 3.73. The first-order valence-electron chi connectivity index (χ1n) is 5.63. The number of nitrogens with two attached hydrogens (primary N) is 2. The smallest absolute Gasteiger partial charge is 0.269 e. The number of rotatable bonds is 7. The summed E-state index contributed by atoms with van der Waals surface area (Å²) < 4.78 is 0. The average Bonchev–Trinajstić information content (AvgIpc) is 2.37. The fourth-order valence-electron chi connectivity index (χ4n) is 1.36. The summed E-state index contributed by atoms with van der Waals surface area (Å²) in [6.45, 7) is 0.480. The summed E-state index contributed by atoms with van der Waals surface area (Å²) in [6, 6.07) is 4.94. The SMILES string of the molecule is NNc1cccc(C(=O)NCCCCC(N)=O)n1. The van der Waals surface area contributed by atoms with Gasteiger partial charge in [-0.1, -0.05) is 6.07 Å². The van der Waals surface area contributed by atoms with Crippen molar-refractivity contribution in [2.24, 2.45) is 11.6 Å². The Bertz CT molecular complexity index is 422. The van der Waals surface area contributed by atoms with Crippen LogP contribution in [0.2, 0.25) is 0 Å². The van der Waals surface area contributed by atoms with Crippen molar-refractivity contribution in [3.8, 4) is 0 Å². The van der Waals surface area contributed by atoms with Crippen molar-refractivity contribution in [3.05, 3.63) is 23.9 Å². The van der Waals surface area contributed by atoms with Gasteiger partial charge in [0.15, 0.2) is 0 Å². The van der Waals surface area contributed by atoms with Crippen LogP contribution in [0.3, 0.4) is 0 Å². The van der Waals surface area contributed by atoms with Crippen molar-refractivity contribution in [3.63, 3.8) is 0 Å². The number of hydrogen-bond donors (Lipinski definition) is 4. The van der Waals surface area contributed by atoms with Crippen LogP contribution < -0.4 is 22.3 Å². The maximum atomic E-state index is 11.7. The van der Waals surface area contributed by atoms with Gasteiger partial charge in [-0.05, 0) is 25.0 Å². The molecule has 0 aliphatic heterocycles. The van der Waals surface area contributed by atoms with E-state index in [1.807, 2.05) is 0 Å². The van der Waals surface area contributed by atoms with E-state index in [-0.39, 0.29) is 11.8 Å². The molecule has 0 unspecified atom stereocenters. The number of carbonyl (C=O) groups excluding carboxylic acids is 2. The molecule has 0 aliphatic carbocycles. The molecule has 0 saturated heterocycles. The molecular weight excluding hydrogens is 234 g/mol. The molecule has 98 valence electrons. The standard InChI is InChI=1S/C11H17N5O2/c12-9(17)5-1-2-7-14-11(18)8-4-3-6-10(15-8)16-13/h3-4,6H,1-2,5,7,13H2,(H2,12,17)(H,14,18)(H,15,16). The van der Waals surface area contributed by atoms with E-state index in [2.05, 4.69) is 15.7 Å². The zero-order valence-electron chi connectivity index (χ0n) is 9.98. The number of nitrogens with one attached hydrogen (secondary N) is 2. The van der Waals surface area contributed by atoms with Gasteiger partial charge in [-0.3, -0.25) is 9.59 Å². The van der Waals surface area contributed by atoms with Crippen LogP contribution in [0, 0.1) is 0 Å². The molecule has 1 aromatic heterocycles. The summed E-state index contributed by atoms with van der Waals surface area (Å²) in [4.78, 5) is 26.2. The average molecular weight is 251 g/mol. The van der Waals surface area contributed by atoms with Crippen molar-refractivity contribution in [2.45, 2.75) is 19.3 Å². The van der Waals surface area contributed by atoms with Crippen molar-refractivity contribution in [2.75, 3.05) is 12.0 Å². The number of hydrazine groups is 1. The van der Waals surface area contributed by atoms with Gasteiger partial charge in [0, 0.05) is 13.0 Å². The fraction of sp³-hybridized carbons (Fsp3) is 0.364. The molecule has 1 heterocycles. The van der Waals surface area contributed by atoms with Gasteiger partial charge in [0.25, 0.3) is 5.91 Å². The quantitative estimate of drug-likeness (QED) is 0.302. The number of nitrogens with zero attached hydrogens (tertiary/aromatic N) is 1. The Labute approximate surface area is 105 Å². The summed E-state index contributed by atoms with van der Waals surface area (Å²) >= 11 is 0. The van der Waals surface area contributed by atoms with Crippen LogP contribution in [0.4, 0.5) is 5.82 Å². The van der Waals surface area contributed by atoms with Crippen molar-refractivity contribution in [1.82, 2.24) is 10.3 Å². The van der Waals surface area contributed by atoms with Gasteiger partial charge in [0.05, 0.1) is 0 Å². The molecule has 2 amide bonds. The van der Waals surface area contributed by atoms with Gasteiger partial charge in [0.2, 0.25) is 5.91 Å². The van der Waals surface area contributed by atoms with Gasteiger partial charge in [-0.25, -0.2) is 10.8 Å². The lowest BCUT2D eigenvalue weighted by Gasteiger charge is -2.05. The molecule has 0 radical (unpaired) electrons. The molecule has 7 nitrogen and oxygen atoms in total. The van der Waals surface area contributed by atoms with E-state index >= 15 is 0 Å². The van der Waals surface area contributed by atoms with Gasteiger partial charge in [-0.2, -0.15) is 0 Å². The highest BCUT2D eigenvalue weighted by atomic mass is 16.2. The lowest BCUT2D eigenvalue weighted by atomic mass is 10.2. The summed E-state index contributed by atoms with van der Waals surface area (Å²) in [5.41, 5.74) is 7.66. The van der Waals surface area contributed by atoms with E-state index < -0.39 is 0 Å². The second-order valence-electron chi connectivity index (χ2n) is 3.73. The first-order chi connectivity index (χ1) is 8.63. The molecule has 0 bridgehead atoms. The minimum Gasteiger partial charge on any atom is -0.370 e. The molecule has 7 heteroatoms. The van der Waals surface area contributed by atoms with Crippen LogP contribution in [0.5, 0.6) is 0 Å². The number of hydrogen-bond acceptors (Lipinski definition) is 5.